The molecule has 4 heterocycles. The molecule has 0 saturated carbocycles. The van der Waals surface area contributed by atoms with Crippen molar-refractivity contribution in [3.05, 3.63) is 12.7 Å². The highest BCUT2D eigenvalue weighted by Gasteiger charge is 2.54. The van der Waals surface area contributed by atoms with Gasteiger partial charge in [-0.1, -0.05) is 6.08 Å². The molecule has 0 radical (unpaired) electrons. The molecule has 0 bridgehead atoms. The van der Waals surface area contributed by atoms with E-state index in [1.165, 1.54) is 34.8 Å². The van der Waals surface area contributed by atoms with Gasteiger partial charge in [-0.3, -0.25) is 4.79 Å². The maximum absolute atomic E-state index is 12.5. The molecule has 0 aromatic heterocycles. The summed E-state index contributed by atoms with van der Waals surface area (Å²) in [6, 6.07) is -0.968. The van der Waals surface area contributed by atoms with E-state index in [-0.39, 0.29) is 13.0 Å². The molecule has 0 aliphatic carbocycles. The lowest BCUT2D eigenvalue weighted by Gasteiger charge is -2.49. The average molecular weight is 784 g/mol. The number of unbranched alkanes of at least 4 members (excludes halogenated alkanes) is 1. The van der Waals surface area contributed by atoms with Crippen LogP contribution in [0.4, 0.5) is 0 Å². The summed E-state index contributed by atoms with van der Waals surface area (Å²) in [5.41, 5.74) is -1.30. The first-order valence-electron chi connectivity index (χ1n) is 18.4. The van der Waals surface area contributed by atoms with E-state index in [1.54, 1.807) is 19.9 Å². The van der Waals surface area contributed by atoms with E-state index in [2.05, 4.69) is 11.9 Å². The van der Waals surface area contributed by atoms with Gasteiger partial charge in [0.2, 0.25) is 5.91 Å². The van der Waals surface area contributed by atoms with Crippen molar-refractivity contribution in [2.45, 2.75) is 189 Å². The maximum atomic E-state index is 12.5. The van der Waals surface area contributed by atoms with E-state index in [1.807, 2.05) is 0 Å². The molecular weight excluding hydrogens is 722 g/mol. The molecule has 1 amide bonds. The van der Waals surface area contributed by atoms with Gasteiger partial charge in [-0.05, 0) is 54.4 Å². The average Bonchev–Trinajstić information content (AvgIpc) is 3.09. The second-order valence-electron chi connectivity index (χ2n) is 15.2. The van der Waals surface area contributed by atoms with E-state index >= 15 is 0 Å². The topological polar surface area (TPSA) is 274 Å². The molecule has 314 valence electrons. The molecule has 4 rings (SSSR count). The number of allylic oxidation sites excluding steroid dienone is 1. The monoisotopic (exact) mass is 783 g/mol. The van der Waals surface area contributed by atoms with Crippen LogP contribution in [0.3, 0.4) is 0 Å². The molecule has 0 spiro atoms. The fourth-order valence-electron chi connectivity index (χ4n) is 6.92. The van der Waals surface area contributed by atoms with Crippen LogP contribution < -0.4 is 5.32 Å². The summed E-state index contributed by atoms with van der Waals surface area (Å²) in [5, 5.41) is 90.4. The van der Waals surface area contributed by atoms with E-state index in [4.69, 9.17) is 42.6 Å². The number of hydrogen-bond donors (Lipinski definition) is 9. The standard InChI is InChI=1S/C35H61NO18/c1-9-10-11-12-47-33-30(24(42)20(38)15(3)51-33)54-32-25(43)27(21(39)16(4)50-32)52-31-26(44)28(22(40)17(5)49-31)53-34-29(46-8)23(41)19(14(2)48-34)36-18(37)13-35(6,7)45/h9,14-17,19-34,38-45H,1,10-13H2,2-8H3,(H,36,37)/t14?,15?,16?,17?,19-,20-,21-,22-,23-,24+,25?,26?,27+,28+,29?,30?,31-,32-,33+,34-/m0/s1. The van der Waals surface area contributed by atoms with Crippen LogP contribution >= 0.6 is 0 Å². The number of hydrogen-bond acceptors (Lipinski definition) is 18. The number of carbonyl (C=O) groups is 1. The van der Waals surface area contributed by atoms with Gasteiger partial charge >= 0.3 is 0 Å². The molecule has 4 saturated heterocycles. The zero-order chi connectivity index (χ0) is 40.2. The quantitative estimate of drug-likeness (QED) is 0.0603. The smallest absolute Gasteiger partial charge is 0.223 e. The second kappa shape index (κ2) is 19.3. The summed E-state index contributed by atoms with van der Waals surface area (Å²) >= 11 is 0. The van der Waals surface area contributed by atoms with E-state index < -0.39 is 134 Å². The molecule has 0 aromatic rings. The summed E-state index contributed by atoms with van der Waals surface area (Å²) < 4.78 is 52.5. The molecule has 19 nitrogen and oxygen atoms in total. The number of aliphatic hydroxyl groups is 8. The minimum atomic E-state index is -1.77. The first kappa shape index (κ1) is 45.2. The van der Waals surface area contributed by atoms with Crippen molar-refractivity contribution in [1.82, 2.24) is 5.32 Å². The number of ether oxygens (including phenoxy) is 9. The van der Waals surface area contributed by atoms with E-state index in [9.17, 15) is 45.6 Å². The Kier molecular flexibility index (Phi) is 16.2. The molecule has 20 atom stereocenters. The summed E-state index contributed by atoms with van der Waals surface area (Å²) in [6.07, 6.45) is -23.1. The highest BCUT2D eigenvalue weighted by molar-refractivity contribution is 5.77. The fourth-order valence-corrected chi connectivity index (χ4v) is 6.92. The number of rotatable bonds is 15. The molecule has 8 unspecified atom stereocenters. The van der Waals surface area contributed by atoms with Crippen LogP contribution in [0.2, 0.25) is 0 Å². The van der Waals surface area contributed by atoms with Crippen molar-refractivity contribution in [1.29, 1.82) is 0 Å². The summed E-state index contributed by atoms with van der Waals surface area (Å²) in [4.78, 5) is 12.5. The summed E-state index contributed by atoms with van der Waals surface area (Å²) in [7, 11) is 1.27. The number of carbonyl (C=O) groups excluding carboxylic acids is 1. The summed E-state index contributed by atoms with van der Waals surface area (Å²) in [6.45, 7) is 12.9. The van der Waals surface area contributed by atoms with Crippen LogP contribution in [0.5, 0.6) is 0 Å². The number of amides is 1. The van der Waals surface area contributed by atoms with Crippen LogP contribution in [0, 0.1) is 0 Å². The van der Waals surface area contributed by atoms with Crippen molar-refractivity contribution >= 4 is 5.91 Å². The van der Waals surface area contributed by atoms with Gasteiger partial charge in [0.1, 0.15) is 67.1 Å². The van der Waals surface area contributed by atoms with E-state index in [0.717, 1.165) is 0 Å². The lowest BCUT2D eigenvalue weighted by Crippen LogP contribution is -2.67. The SMILES string of the molecule is C=CCCCO[C@@H]1OC(C)[C@H](O)[C@@H](O)C1O[C@@H]1OC(C)[C@H](O)[C@@H](O[C@@H]2OC(C)[C@H](O)[C@@H](O[C@@H]3OC(C)[C@H](NC(=O)CC(C)(C)O)[C@H](O)C3OC)C2O)C1O. The van der Waals surface area contributed by atoms with Gasteiger partial charge in [-0.2, -0.15) is 0 Å². The third kappa shape index (κ3) is 10.7. The lowest BCUT2D eigenvalue weighted by atomic mass is 9.94. The molecule has 4 fully saturated rings. The molecule has 4 aliphatic heterocycles. The highest BCUT2D eigenvalue weighted by atomic mass is 16.8. The van der Waals surface area contributed by atoms with Crippen molar-refractivity contribution < 1.29 is 88.3 Å². The van der Waals surface area contributed by atoms with E-state index in [0.29, 0.717) is 12.8 Å². The Morgan fingerprint density at radius 1 is 0.667 bits per heavy atom. The third-order valence-corrected chi connectivity index (χ3v) is 10.1. The Morgan fingerprint density at radius 2 is 1.15 bits per heavy atom. The van der Waals surface area contributed by atoms with Crippen LogP contribution in [-0.2, 0) is 47.4 Å². The minimum absolute atomic E-state index is 0.209. The maximum Gasteiger partial charge on any atom is 0.223 e. The molecule has 9 N–H and O–H groups in total. The number of nitrogens with one attached hydrogen (secondary N) is 1. The molecular formula is C35H61NO18. The van der Waals surface area contributed by atoms with Gasteiger partial charge < -0.3 is 88.8 Å². The predicted molar refractivity (Wildman–Crippen MR) is 183 cm³/mol. The molecule has 19 heteroatoms. The van der Waals surface area contributed by atoms with Gasteiger partial charge in [0, 0.05) is 7.11 Å². The van der Waals surface area contributed by atoms with Gasteiger partial charge in [0.25, 0.3) is 0 Å². The van der Waals surface area contributed by atoms with Crippen LogP contribution in [0.25, 0.3) is 0 Å². The van der Waals surface area contributed by atoms with Gasteiger partial charge in [-0.15, -0.1) is 6.58 Å². The zero-order valence-electron chi connectivity index (χ0n) is 31.8. The fraction of sp³-hybridized carbons (Fsp3) is 0.914. The molecule has 4 aliphatic rings. The zero-order valence-corrected chi connectivity index (χ0v) is 31.8. The number of methoxy groups -OCH3 is 1. The Balaban J connectivity index is 1.47. The molecule has 54 heavy (non-hydrogen) atoms. The Labute approximate surface area is 315 Å². The van der Waals surface area contributed by atoms with Gasteiger partial charge in [0.05, 0.1) is 49.1 Å². The first-order chi connectivity index (χ1) is 25.3. The van der Waals surface area contributed by atoms with Crippen molar-refractivity contribution in [2.24, 2.45) is 0 Å². The highest BCUT2D eigenvalue weighted by Crippen LogP contribution is 2.35. The molecule has 0 aromatic carbocycles. The lowest BCUT2D eigenvalue weighted by molar-refractivity contribution is -0.387. The van der Waals surface area contributed by atoms with Gasteiger partial charge in [0.15, 0.2) is 25.2 Å². The van der Waals surface area contributed by atoms with Crippen LogP contribution in [0.15, 0.2) is 12.7 Å². The summed E-state index contributed by atoms with van der Waals surface area (Å²) in [5.74, 6) is -0.539. The first-order valence-corrected chi connectivity index (χ1v) is 18.4. The second-order valence-corrected chi connectivity index (χ2v) is 15.2. The van der Waals surface area contributed by atoms with Crippen molar-refractivity contribution in [3.8, 4) is 0 Å². The van der Waals surface area contributed by atoms with Crippen molar-refractivity contribution in [3.63, 3.8) is 0 Å². The normalized spacial score (nSPS) is 46.2. The number of aliphatic hydroxyl groups excluding tert-OH is 7. The largest absolute Gasteiger partial charge is 0.390 e. The van der Waals surface area contributed by atoms with Crippen LogP contribution in [-0.4, -0.2) is 189 Å². The Morgan fingerprint density at radius 3 is 1.67 bits per heavy atom. The Hall–Kier alpha value is -1.47. The van der Waals surface area contributed by atoms with Crippen molar-refractivity contribution in [2.75, 3.05) is 13.7 Å². The van der Waals surface area contributed by atoms with Gasteiger partial charge in [-0.25, -0.2) is 0 Å². The third-order valence-electron chi connectivity index (χ3n) is 10.1. The Bertz CT molecular complexity index is 1190. The minimum Gasteiger partial charge on any atom is -0.390 e. The van der Waals surface area contributed by atoms with Crippen LogP contribution in [0.1, 0.15) is 60.8 Å². The predicted octanol–water partition coefficient (Wildman–Crippen LogP) is -2.71.